The van der Waals surface area contributed by atoms with E-state index in [-0.39, 0.29) is 4.90 Å². The van der Waals surface area contributed by atoms with Gasteiger partial charge in [0.15, 0.2) is 0 Å². The molecule has 0 saturated heterocycles. The highest BCUT2D eigenvalue weighted by Gasteiger charge is 2.23. The van der Waals surface area contributed by atoms with Crippen molar-refractivity contribution >= 4 is 27.3 Å². The summed E-state index contributed by atoms with van der Waals surface area (Å²) in [6.07, 6.45) is 0. The lowest BCUT2D eigenvalue weighted by Gasteiger charge is -2.11. The van der Waals surface area contributed by atoms with Crippen LogP contribution in [0, 0.1) is 12.7 Å². The maximum atomic E-state index is 13.3. The van der Waals surface area contributed by atoms with E-state index < -0.39 is 27.7 Å². The van der Waals surface area contributed by atoms with Gasteiger partial charge in [0.25, 0.3) is 10.0 Å². The molecule has 1 amide bonds. The fraction of sp³-hybridized carbons (Fsp3) is 0.214. The first-order valence-corrected chi connectivity index (χ1v) is 8.53. The summed E-state index contributed by atoms with van der Waals surface area (Å²) >= 11 is 1.37. The van der Waals surface area contributed by atoms with Crippen molar-refractivity contribution in [3.63, 3.8) is 0 Å². The minimum atomic E-state index is -4.08. The molecule has 4 nitrogen and oxygen atoms in total. The molecule has 0 aliphatic rings. The predicted octanol–water partition coefficient (Wildman–Crippen LogP) is 2.80. The molecule has 0 aliphatic carbocycles. The van der Waals surface area contributed by atoms with Crippen LogP contribution < -0.4 is 4.72 Å². The van der Waals surface area contributed by atoms with Crippen molar-refractivity contribution in [3.8, 4) is 0 Å². The number of sulfonamides is 1. The third-order valence-corrected chi connectivity index (χ3v) is 5.31. The molecular formula is C14H14FNO3S2. The van der Waals surface area contributed by atoms with Crippen LogP contribution in [0.25, 0.3) is 0 Å². The molecule has 1 aromatic heterocycles. The van der Waals surface area contributed by atoms with Gasteiger partial charge >= 0.3 is 0 Å². The molecule has 2 rings (SSSR count). The summed E-state index contributed by atoms with van der Waals surface area (Å²) in [5.41, 5.74) is 0.467. The summed E-state index contributed by atoms with van der Waals surface area (Å²) in [6, 6.07) is 6.96. The quantitative estimate of drug-likeness (QED) is 0.939. The fourth-order valence-electron chi connectivity index (χ4n) is 1.80. The molecule has 1 heterocycles. The number of thiophene rings is 1. The van der Waals surface area contributed by atoms with Gasteiger partial charge in [0.1, 0.15) is 5.82 Å². The molecule has 0 aliphatic heterocycles. The third-order valence-electron chi connectivity index (χ3n) is 2.92. The Morgan fingerprint density at radius 2 is 2.05 bits per heavy atom. The Morgan fingerprint density at radius 1 is 1.33 bits per heavy atom. The van der Waals surface area contributed by atoms with E-state index in [4.69, 9.17) is 0 Å². The molecule has 0 radical (unpaired) electrons. The number of rotatable bonds is 4. The van der Waals surface area contributed by atoms with Gasteiger partial charge in [-0.05, 0) is 49.1 Å². The van der Waals surface area contributed by atoms with Gasteiger partial charge in [0, 0.05) is 4.88 Å². The Bertz CT molecular complexity index is 734. The number of carbonyl (C=O) groups excluding carboxylic acids is 1. The molecule has 1 N–H and O–H groups in total. The topological polar surface area (TPSA) is 63.2 Å². The van der Waals surface area contributed by atoms with Crippen LogP contribution in [0.5, 0.6) is 0 Å². The molecule has 1 atom stereocenters. The minimum Gasteiger partial charge on any atom is -0.273 e. The molecule has 0 fully saturated rings. The molecule has 0 saturated carbocycles. The zero-order valence-corrected chi connectivity index (χ0v) is 13.1. The van der Waals surface area contributed by atoms with Crippen LogP contribution in [0.2, 0.25) is 0 Å². The standard InChI is InChI=1S/C14H14FNO3S2/c1-9-6-11(15)8-12(7-9)21(18,19)16-14(17)10(2)13-4-3-5-20-13/h3-8,10H,1-2H3,(H,16,17). The highest BCUT2D eigenvalue weighted by molar-refractivity contribution is 7.90. The largest absolute Gasteiger partial charge is 0.273 e. The van der Waals surface area contributed by atoms with Crippen LogP contribution in [-0.4, -0.2) is 14.3 Å². The lowest BCUT2D eigenvalue weighted by Crippen LogP contribution is -2.33. The number of amides is 1. The third kappa shape index (κ3) is 3.68. The molecule has 112 valence electrons. The molecule has 0 spiro atoms. The lowest BCUT2D eigenvalue weighted by atomic mass is 10.1. The first kappa shape index (κ1) is 15.7. The lowest BCUT2D eigenvalue weighted by molar-refractivity contribution is -0.120. The number of hydrogen-bond donors (Lipinski definition) is 1. The van der Waals surface area contributed by atoms with Crippen LogP contribution in [0.3, 0.4) is 0 Å². The molecule has 0 bridgehead atoms. The first-order valence-electron chi connectivity index (χ1n) is 6.17. The summed E-state index contributed by atoms with van der Waals surface area (Å²) in [5.74, 6) is -1.89. The summed E-state index contributed by atoms with van der Waals surface area (Å²) < 4.78 is 39.5. The smallest absolute Gasteiger partial charge is 0.264 e. The van der Waals surface area contributed by atoms with Crippen LogP contribution >= 0.6 is 11.3 Å². The second-order valence-electron chi connectivity index (χ2n) is 4.67. The SMILES string of the molecule is Cc1cc(F)cc(S(=O)(=O)NC(=O)C(C)c2cccs2)c1. The number of nitrogens with one attached hydrogen (secondary N) is 1. The Balaban J connectivity index is 2.23. The van der Waals surface area contributed by atoms with Gasteiger partial charge in [-0.15, -0.1) is 11.3 Å². The van der Waals surface area contributed by atoms with Crippen molar-refractivity contribution in [2.45, 2.75) is 24.7 Å². The highest BCUT2D eigenvalue weighted by Crippen LogP contribution is 2.22. The predicted molar refractivity (Wildman–Crippen MR) is 79.2 cm³/mol. The zero-order chi connectivity index (χ0) is 15.6. The van der Waals surface area contributed by atoms with Crippen LogP contribution in [0.1, 0.15) is 23.3 Å². The van der Waals surface area contributed by atoms with E-state index in [0.717, 1.165) is 10.9 Å². The van der Waals surface area contributed by atoms with Crippen molar-refractivity contribution < 1.29 is 17.6 Å². The first-order chi connectivity index (χ1) is 9.79. The van der Waals surface area contributed by atoms with E-state index in [1.807, 2.05) is 10.1 Å². The Labute approximate surface area is 126 Å². The molecule has 2 aromatic rings. The average molecular weight is 327 g/mol. The van der Waals surface area contributed by atoms with Gasteiger partial charge in [-0.25, -0.2) is 17.5 Å². The number of benzene rings is 1. The van der Waals surface area contributed by atoms with Gasteiger partial charge in [-0.1, -0.05) is 6.07 Å². The summed E-state index contributed by atoms with van der Waals surface area (Å²) in [4.78, 5) is 12.5. The molecular weight excluding hydrogens is 313 g/mol. The Morgan fingerprint density at radius 3 is 2.62 bits per heavy atom. The number of hydrogen-bond acceptors (Lipinski definition) is 4. The van der Waals surface area contributed by atoms with Crippen molar-refractivity contribution in [2.24, 2.45) is 0 Å². The van der Waals surface area contributed by atoms with E-state index in [0.29, 0.717) is 5.56 Å². The van der Waals surface area contributed by atoms with Crippen LogP contribution in [-0.2, 0) is 14.8 Å². The normalized spacial score (nSPS) is 12.9. The number of carbonyl (C=O) groups is 1. The minimum absolute atomic E-state index is 0.258. The molecule has 1 unspecified atom stereocenters. The summed E-state index contributed by atoms with van der Waals surface area (Å²) in [7, 11) is -4.08. The summed E-state index contributed by atoms with van der Waals surface area (Å²) in [5, 5.41) is 1.81. The van der Waals surface area contributed by atoms with Crippen LogP contribution in [0.15, 0.2) is 40.6 Å². The van der Waals surface area contributed by atoms with E-state index in [1.165, 1.54) is 23.5 Å². The van der Waals surface area contributed by atoms with Gasteiger partial charge in [-0.3, -0.25) is 4.79 Å². The van der Waals surface area contributed by atoms with Crippen molar-refractivity contribution in [2.75, 3.05) is 0 Å². The second kappa shape index (κ2) is 5.95. The van der Waals surface area contributed by atoms with E-state index in [1.54, 1.807) is 26.0 Å². The maximum absolute atomic E-state index is 13.3. The number of halogens is 1. The number of aryl methyl sites for hydroxylation is 1. The second-order valence-corrected chi connectivity index (χ2v) is 7.33. The van der Waals surface area contributed by atoms with Crippen LogP contribution in [0.4, 0.5) is 4.39 Å². The van der Waals surface area contributed by atoms with Gasteiger partial charge in [0.2, 0.25) is 5.91 Å². The monoisotopic (exact) mass is 327 g/mol. The Hall–Kier alpha value is -1.73. The summed E-state index contributed by atoms with van der Waals surface area (Å²) in [6.45, 7) is 3.20. The van der Waals surface area contributed by atoms with Crippen molar-refractivity contribution in [3.05, 3.63) is 52.0 Å². The Kier molecular flexibility index (Phi) is 4.43. The van der Waals surface area contributed by atoms with Gasteiger partial charge < -0.3 is 0 Å². The van der Waals surface area contributed by atoms with E-state index in [9.17, 15) is 17.6 Å². The molecule has 1 aromatic carbocycles. The fourth-order valence-corrected chi connectivity index (χ4v) is 3.76. The van der Waals surface area contributed by atoms with E-state index >= 15 is 0 Å². The highest BCUT2D eigenvalue weighted by atomic mass is 32.2. The zero-order valence-electron chi connectivity index (χ0n) is 11.5. The van der Waals surface area contributed by atoms with E-state index in [2.05, 4.69) is 0 Å². The maximum Gasteiger partial charge on any atom is 0.264 e. The van der Waals surface area contributed by atoms with Crippen molar-refractivity contribution in [1.29, 1.82) is 0 Å². The van der Waals surface area contributed by atoms with Crippen molar-refractivity contribution in [1.82, 2.24) is 4.72 Å². The van der Waals surface area contributed by atoms with Gasteiger partial charge in [0.05, 0.1) is 10.8 Å². The molecule has 21 heavy (non-hydrogen) atoms. The molecule has 7 heteroatoms. The van der Waals surface area contributed by atoms with Gasteiger partial charge in [-0.2, -0.15) is 0 Å². The average Bonchev–Trinajstić information content (AvgIpc) is 2.89.